The zero-order valence-corrected chi connectivity index (χ0v) is 12.6. The summed E-state index contributed by atoms with van der Waals surface area (Å²) in [6.07, 6.45) is 8.85. The molecule has 0 radical (unpaired) electrons. The maximum absolute atomic E-state index is 12.5. The van der Waals surface area contributed by atoms with Crippen LogP contribution in [0, 0.1) is 5.92 Å². The first kappa shape index (κ1) is 13.7. The third kappa shape index (κ3) is 2.47. The van der Waals surface area contributed by atoms with E-state index in [1.54, 1.807) is 12.4 Å². The molecule has 0 bridgehead atoms. The van der Waals surface area contributed by atoms with Crippen molar-refractivity contribution >= 4 is 22.8 Å². The van der Waals surface area contributed by atoms with Gasteiger partial charge in [0, 0.05) is 18.2 Å². The number of ketones is 1. The highest BCUT2D eigenvalue weighted by Gasteiger charge is 2.28. The fraction of sp³-hybridized carbons (Fsp3) is 0.562. The zero-order valence-electron chi connectivity index (χ0n) is 12.6. The van der Waals surface area contributed by atoms with Crippen molar-refractivity contribution in [3.05, 3.63) is 18.0 Å². The van der Waals surface area contributed by atoms with Gasteiger partial charge in [0.1, 0.15) is 11.3 Å². The number of nitrogens with zero attached hydrogens (tertiary/aromatic N) is 2. The van der Waals surface area contributed by atoms with Gasteiger partial charge in [-0.25, -0.2) is 9.97 Å². The molecule has 0 unspecified atom stereocenters. The van der Waals surface area contributed by atoms with Gasteiger partial charge < -0.3 is 15.6 Å². The van der Waals surface area contributed by atoms with Crippen LogP contribution in [0.2, 0.25) is 0 Å². The van der Waals surface area contributed by atoms with Crippen LogP contribution in [0.15, 0.2) is 12.4 Å². The van der Waals surface area contributed by atoms with E-state index < -0.39 is 0 Å². The molecule has 3 N–H and O–H groups in total. The van der Waals surface area contributed by atoms with Crippen LogP contribution in [-0.2, 0) is 0 Å². The number of H-pyrrole nitrogens is 1. The number of hydrogen-bond acceptors (Lipinski definition) is 5. The van der Waals surface area contributed by atoms with E-state index in [-0.39, 0.29) is 11.7 Å². The summed E-state index contributed by atoms with van der Waals surface area (Å²) < 4.78 is 0. The van der Waals surface area contributed by atoms with Gasteiger partial charge in [-0.1, -0.05) is 6.42 Å². The molecule has 0 aromatic carbocycles. The molecule has 6 heteroatoms. The highest BCUT2D eigenvalue weighted by molar-refractivity contribution is 6.07. The van der Waals surface area contributed by atoms with Crippen LogP contribution in [0.5, 0.6) is 0 Å². The molecule has 1 aliphatic carbocycles. The summed E-state index contributed by atoms with van der Waals surface area (Å²) in [5.74, 6) is 1.16. The van der Waals surface area contributed by atoms with Crippen molar-refractivity contribution in [3.63, 3.8) is 0 Å². The molecule has 3 heterocycles. The summed E-state index contributed by atoms with van der Waals surface area (Å²) in [4.78, 5) is 24.6. The van der Waals surface area contributed by atoms with E-state index in [4.69, 9.17) is 0 Å². The van der Waals surface area contributed by atoms with Crippen molar-refractivity contribution < 1.29 is 4.79 Å². The molecule has 0 amide bonds. The third-order valence-corrected chi connectivity index (χ3v) is 4.81. The first-order valence-corrected chi connectivity index (χ1v) is 8.17. The topological polar surface area (TPSA) is 82.7 Å². The second-order valence-corrected chi connectivity index (χ2v) is 6.32. The van der Waals surface area contributed by atoms with Gasteiger partial charge in [0.2, 0.25) is 0 Å². The van der Waals surface area contributed by atoms with E-state index in [9.17, 15) is 4.79 Å². The minimum Gasteiger partial charge on any atom is -0.366 e. The van der Waals surface area contributed by atoms with Crippen LogP contribution in [-0.4, -0.2) is 39.9 Å². The molecule has 0 spiro atoms. The van der Waals surface area contributed by atoms with Crippen LogP contribution < -0.4 is 10.6 Å². The van der Waals surface area contributed by atoms with E-state index in [1.807, 2.05) is 0 Å². The van der Waals surface area contributed by atoms with Crippen molar-refractivity contribution in [2.75, 3.05) is 18.4 Å². The number of nitrogens with one attached hydrogen (secondary N) is 3. The fourth-order valence-corrected chi connectivity index (χ4v) is 3.21. The number of piperidine rings is 1. The number of carbonyl (C=O) groups is 1. The number of carbonyl (C=O) groups excluding carboxylic acids is 1. The number of fused-ring (bicyclic) bond motifs is 1. The number of aromatic amines is 1. The highest BCUT2D eigenvalue weighted by Crippen LogP contribution is 2.31. The van der Waals surface area contributed by atoms with E-state index in [1.165, 1.54) is 0 Å². The Morgan fingerprint density at radius 1 is 1.23 bits per heavy atom. The smallest absolute Gasteiger partial charge is 0.169 e. The molecule has 1 saturated heterocycles. The maximum atomic E-state index is 12.5. The summed E-state index contributed by atoms with van der Waals surface area (Å²) in [5.41, 5.74) is 2.09. The summed E-state index contributed by atoms with van der Waals surface area (Å²) in [6, 6.07) is 0.428. The van der Waals surface area contributed by atoms with Crippen LogP contribution in [0.25, 0.3) is 11.2 Å². The van der Waals surface area contributed by atoms with Crippen LogP contribution >= 0.6 is 0 Å². The van der Waals surface area contributed by atoms with E-state index in [2.05, 4.69) is 25.6 Å². The van der Waals surface area contributed by atoms with Crippen molar-refractivity contribution in [2.24, 2.45) is 5.92 Å². The Labute approximate surface area is 129 Å². The zero-order chi connectivity index (χ0) is 14.9. The molecular weight excluding hydrogens is 278 g/mol. The molecular formula is C16H21N5O. The Balaban J connectivity index is 1.59. The molecule has 2 aromatic rings. The second-order valence-electron chi connectivity index (χ2n) is 6.32. The molecule has 2 fully saturated rings. The number of rotatable bonds is 4. The minimum absolute atomic E-state index is 0.182. The monoisotopic (exact) mass is 299 g/mol. The summed E-state index contributed by atoms with van der Waals surface area (Å²) in [5, 5.41) is 6.80. The molecule has 22 heavy (non-hydrogen) atoms. The average molecular weight is 299 g/mol. The van der Waals surface area contributed by atoms with E-state index >= 15 is 0 Å². The van der Waals surface area contributed by atoms with Gasteiger partial charge in [-0.3, -0.25) is 4.79 Å². The summed E-state index contributed by atoms with van der Waals surface area (Å²) in [7, 11) is 0. The lowest BCUT2D eigenvalue weighted by Crippen LogP contribution is -2.35. The number of Topliss-reactive ketones (excluding diaryl/α,β-unsaturated/α-hetero) is 1. The minimum atomic E-state index is 0.182. The molecule has 4 rings (SSSR count). The quantitative estimate of drug-likeness (QED) is 0.753. The number of aromatic nitrogens is 3. The van der Waals surface area contributed by atoms with E-state index in [0.717, 1.165) is 51.0 Å². The first-order chi connectivity index (χ1) is 10.8. The Kier molecular flexibility index (Phi) is 3.54. The summed E-state index contributed by atoms with van der Waals surface area (Å²) in [6.45, 7) is 2.06. The lowest BCUT2D eigenvalue weighted by atomic mass is 9.80. The van der Waals surface area contributed by atoms with Gasteiger partial charge in [-0.2, -0.15) is 0 Å². The van der Waals surface area contributed by atoms with Gasteiger partial charge >= 0.3 is 0 Å². The molecule has 116 valence electrons. The molecule has 2 aliphatic rings. The predicted octanol–water partition coefficient (Wildman–Crippen LogP) is 2.10. The van der Waals surface area contributed by atoms with Crippen molar-refractivity contribution in [3.8, 4) is 0 Å². The number of anilines is 1. The molecule has 6 nitrogen and oxygen atoms in total. The van der Waals surface area contributed by atoms with Crippen LogP contribution in [0.1, 0.15) is 42.5 Å². The lowest BCUT2D eigenvalue weighted by Gasteiger charge is -2.24. The predicted molar refractivity (Wildman–Crippen MR) is 85.1 cm³/mol. The van der Waals surface area contributed by atoms with Gasteiger partial charge in [-0.15, -0.1) is 0 Å². The van der Waals surface area contributed by atoms with Gasteiger partial charge in [0.05, 0.1) is 11.8 Å². The number of hydrogen-bond donors (Lipinski definition) is 3. The first-order valence-electron chi connectivity index (χ1n) is 8.17. The largest absolute Gasteiger partial charge is 0.366 e. The average Bonchev–Trinajstić information content (AvgIpc) is 2.89. The molecule has 1 aliphatic heterocycles. The Morgan fingerprint density at radius 3 is 2.77 bits per heavy atom. The second kappa shape index (κ2) is 5.68. The van der Waals surface area contributed by atoms with Gasteiger partial charge in [0.15, 0.2) is 11.4 Å². The Morgan fingerprint density at radius 2 is 2.05 bits per heavy atom. The highest BCUT2D eigenvalue weighted by atomic mass is 16.1. The lowest BCUT2D eigenvalue weighted by molar-refractivity contribution is 0.0857. The molecule has 1 saturated carbocycles. The van der Waals surface area contributed by atoms with Gasteiger partial charge in [-0.05, 0) is 38.8 Å². The van der Waals surface area contributed by atoms with E-state index in [0.29, 0.717) is 22.8 Å². The fourth-order valence-electron chi connectivity index (χ4n) is 3.21. The van der Waals surface area contributed by atoms with Crippen LogP contribution in [0.3, 0.4) is 0 Å². The van der Waals surface area contributed by atoms with Crippen molar-refractivity contribution in [1.82, 2.24) is 20.3 Å². The Hall–Kier alpha value is -1.95. The van der Waals surface area contributed by atoms with Crippen molar-refractivity contribution in [1.29, 1.82) is 0 Å². The molecule has 0 atom stereocenters. The summed E-state index contributed by atoms with van der Waals surface area (Å²) >= 11 is 0. The van der Waals surface area contributed by atoms with Crippen molar-refractivity contribution in [2.45, 2.75) is 38.1 Å². The van der Waals surface area contributed by atoms with Gasteiger partial charge in [0.25, 0.3) is 0 Å². The molecule has 2 aromatic heterocycles. The van der Waals surface area contributed by atoms with Crippen LogP contribution in [0.4, 0.5) is 5.82 Å². The maximum Gasteiger partial charge on any atom is 0.169 e. The third-order valence-electron chi connectivity index (χ3n) is 4.81. The standard InChI is InChI=1S/C16H21N5O/c22-15(10-2-1-3-10)12-8-18-16-14(12)21-13(9-19-16)20-11-4-6-17-7-5-11/h8-11,17H,1-7H2,(H,18,19)(H,20,21). The Bertz CT molecular complexity index is 685. The normalized spacial score (nSPS) is 20.0. The SMILES string of the molecule is O=C(c1c[nH]c2ncc(NC3CCNCC3)nc12)C1CCC1.